The Morgan fingerprint density at radius 3 is 2.88 bits per heavy atom. The van der Waals surface area contributed by atoms with Crippen molar-refractivity contribution in [1.82, 2.24) is 9.78 Å². The van der Waals surface area contributed by atoms with E-state index in [9.17, 15) is 4.79 Å². The van der Waals surface area contributed by atoms with Gasteiger partial charge in [0, 0.05) is 19.9 Å². The smallest absolute Gasteiger partial charge is 0.133 e. The molecule has 1 saturated carbocycles. The summed E-state index contributed by atoms with van der Waals surface area (Å²) in [6.07, 6.45) is 5.68. The minimum absolute atomic E-state index is 0.405. The first-order valence-corrected chi connectivity index (χ1v) is 6.65. The highest BCUT2D eigenvalue weighted by molar-refractivity contribution is 6.31. The molecule has 0 aliphatic heterocycles. The summed E-state index contributed by atoms with van der Waals surface area (Å²) in [5.41, 5.74) is 1.95. The van der Waals surface area contributed by atoms with Crippen LogP contribution in [-0.2, 0) is 18.3 Å². The molecule has 0 spiro atoms. The summed E-state index contributed by atoms with van der Waals surface area (Å²) in [5, 5.41) is 5.09. The van der Waals surface area contributed by atoms with Gasteiger partial charge < -0.3 is 0 Å². The Kier molecular flexibility index (Phi) is 3.87. The van der Waals surface area contributed by atoms with Crippen molar-refractivity contribution in [1.29, 1.82) is 0 Å². The van der Waals surface area contributed by atoms with Crippen LogP contribution in [-0.4, -0.2) is 15.6 Å². The fraction of sp³-hybridized carbons (Fsp3) is 0.692. The molecule has 1 atom stereocenters. The lowest BCUT2D eigenvalue weighted by molar-refractivity contribution is -0.119. The number of hydrogen-bond acceptors (Lipinski definition) is 2. The average Bonchev–Trinajstić information content (AvgIpc) is 2.46. The van der Waals surface area contributed by atoms with E-state index in [1.807, 2.05) is 18.7 Å². The van der Waals surface area contributed by atoms with Crippen LogP contribution in [0, 0.1) is 12.8 Å². The lowest BCUT2D eigenvalue weighted by atomic mass is 9.94. The van der Waals surface area contributed by atoms with Gasteiger partial charge in [0.05, 0.1) is 16.4 Å². The van der Waals surface area contributed by atoms with Gasteiger partial charge in [-0.25, -0.2) is 0 Å². The van der Waals surface area contributed by atoms with Gasteiger partial charge in [-0.2, -0.15) is 5.10 Å². The molecule has 94 valence electrons. The Hall–Kier alpha value is -0.830. The van der Waals surface area contributed by atoms with Crippen molar-refractivity contribution in [2.75, 3.05) is 0 Å². The van der Waals surface area contributed by atoms with Crippen LogP contribution in [0.5, 0.6) is 0 Å². The molecule has 0 bridgehead atoms. The quantitative estimate of drug-likeness (QED) is 0.761. The van der Waals surface area contributed by atoms with Gasteiger partial charge in [0.1, 0.15) is 5.78 Å². The molecule has 0 aromatic carbocycles. The summed E-state index contributed by atoms with van der Waals surface area (Å²) in [5.74, 6) is 0.847. The van der Waals surface area contributed by atoms with Gasteiger partial charge in [0.2, 0.25) is 0 Å². The van der Waals surface area contributed by atoms with Gasteiger partial charge >= 0.3 is 0 Å². The summed E-state index contributed by atoms with van der Waals surface area (Å²) >= 11 is 6.24. The maximum atomic E-state index is 11.6. The molecular formula is C13H19ClN2O. The van der Waals surface area contributed by atoms with Crippen molar-refractivity contribution in [3.8, 4) is 0 Å². The fourth-order valence-corrected chi connectivity index (χ4v) is 2.87. The van der Waals surface area contributed by atoms with E-state index in [0.29, 0.717) is 18.1 Å². The van der Waals surface area contributed by atoms with Crippen LogP contribution in [0.1, 0.15) is 43.5 Å². The third-order valence-corrected chi connectivity index (χ3v) is 4.07. The molecule has 0 radical (unpaired) electrons. The molecule has 3 nitrogen and oxygen atoms in total. The molecule has 1 unspecified atom stereocenters. The largest absolute Gasteiger partial charge is 0.300 e. The van der Waals surface area contributed by atoms with Gasteiger partial charge in [0.15, 0.2) is 0 Å². The van der Waals surface area contributed by atoms with Gasteiger partial charge in [-0.1, -0.05) is 18.0 Å². The Balaban J connectivity index is 2.11. The van der Waals surface area contributed by atoms with E-state index in [2.05, 4.69) is 5.10 Å². The van der Waals surface area contributed by atoms with E-state index in [0.717, 1.165) is 48.5 Å². The number of nitrogens with zero attached hydrogens (tertiary/aromatic N) is 2. The molecule has 1 aromatic heterocycles. The molecule has 0 N–H and O–H groups in total. The number of ketones is 1. The molecule has 1 aliphatic rings. The van der Waals surface area contributed by atoms with Crippen molar-refractivity contribution < 1.29 is 4.79 Å². The second-order valence-electron chi connectivity index (χ2n) is 5.03. The molecule has 0 amide bonds. The summed E-state index contributed by atoms with van der Waals surface area (Å²) in [6.45, 7) is 1.92. The van der Waals surface area contributed by atoms with Crippen molar-refractivity contribution in [3.05, 3.63) is 16.4 Å². The lowest BCUT2D eigenvalue weighted by Crippen LogP contribution is -2.11. The molecule has 0 saturated heterocycles. The zero-order valence-corrected chi connectivity index (χ0v) is 11.3. The van der Waals surface area contributed by atoms with Gasteiger partial charge in [-0.15, -0.1) is 0 Å². The van der Waals surface area contributed by atoms with Crippen LogP contribution in [0.15, 0.2) is 0 Å². The van der Waals surface area contributed by atoms with Crippen LogP contribution in [0.25, 0.3) is 0 Å². The predicted molar refractivity (Wildman–Crippen MR) is 68.2 cm³/mol. The number of hydrogen-bond donors (Lipinski definition) is 0. The Labute approximate surface area is 107 Å². The standard InChI is InChI=1S/C13H19ClN2O/c1-9-13(14)12(16(2)15-9)8-10-5-3-4-6-11(17)7-10/h10H,3-8H2,1-2H3. The number of halogens is 1. The second kappa shape index (κ2) is 5.21. The number of aromatic nitrogens is 2. The third kappa shape index (κ3) is 2.89. The van der Waals surface area contributed by atoms with Crippen LogP contribution in [0.4, 0.5) is 0 Å². The maximum Gasteiger partial charge on any atom is 0.133 e. The van der Waals surface area contributed by atoms with Crippen molar-refractivity contribution in [2.45, 2.75) is 45.4 Å². The molecule has 17 heavy (non-hydrogen) atoms. The number of Topliss-reactive ketones (excluding diaryl/α,β-unsaturated/α-hetero) is 1. The second-order valence-corrected chi connectivity index (χ2v) is 5.41. The first-order chi connectivity index (χ1) is 8.08. The lowest BCUT2D eigenvalue weighted by Gasteiger charge is -2.13. The summed E-state index contributed by atoms with van der Waals surface area (Å²) < 4.78 is 1.85. The maximum absolute atomic E-state index is 11.6. The highest BCUT2D eigenvalue weighted by atomic mass is 35.5. The predicted octanol–water partition coefficient (Wildman–Crippen LogP) is 3.07. The monoisotopic (exact) mass is 254 g/mol. The van der Waals surface area contributed by atoms with E-state index < -0.39 is 0 Å². The van der Waals surface area contributed by atoms with Crippen molar-refractivity contribution in [2.24, 2.45) is 13.0 Å². The first-order valence-electron chi connectivity index (χ1n) is 6.27. The topological polar surface area (TPSA) is 34.9 Å². The Morgan fingerprint density at radius 1 is 1.47 bits per heavy atom. The van der Waals surface area contributed by atoms with Crippen LogP contribution >= 0.6 is 11.6 Å². The highest BCUT2D eigenvalue weighted by Gasteiger charge is 2.21. The highest BCUT2D eigenvalue weighted by Crippen LogP contribution is 2.28. The van der Waals surface area contributed by atoms with Gasteiger partial charge in [0.25, 0.3) is 0 Å². The summed E-state index contributed by atoms with van der Waals surface area (Å²) in [7, 11) is 1.92. The normalized spacial score (nSPS) is 21.6. The molecule has 1 heterocycles. The molecule has 1 aliphatic carbocycles. The number of rotatable bonds is 2. The zero-order valence-electron chi connectivity index (χ0n) is 10.5. The average molecular weight is 255 g/mol. The van der Waals surface area contributed by atoms with Crippen molar-refractivity contribution in [3.63, 3.8) is 0 Å². The van der Waals surface area contributed by atoms with E-state index in [1.54, 1.807) is 0 Å². The van der Waals surface area contributed by atoms with Gasteiger partial charge in [-0.3, -0.25) is 9.48 Å². The van der Waals surface area contributed by atoms with E-state index in [1.165, 1.54) is 0 Å². The van der Waals surface area contributed by atoms with Crippen LogP contribution in [0.3, 0.4) is 0 Å². The van der Waals surface area contributed by atoms with E-state index >= 15 is 0 Å². The first kappa shape index (κ1) is 12.6. The van der Waals surface area contributed by atoms with Crippen LogP contribution < -0.4 is 0 Å². The van der Waals surface area contributed by atoms with E-state index in [4.69, 9.17) is 11.6 Å². The number of aryl methyl sites for hydroxylation is 2. The Bertz CT molecular complexity index is 425. The van der Waals surface area contributed by atoms with Crippen molar-refractivity contribution >= 4 is 17.4 Å². The number of carbonyl (C=O) groups is 1. The van der Waals surface area contributed by atoms with E-state index in [-0.39, 0.29) is 0 Å². The SMILES string of the molecule is Cc1nn(C)c(CC2CCCCC(=O)C2)c1Cl. The minimum atomic E-state index is 0.405. The minimum Gasteiger partial charge on any atom is -0.300 e. The van der Waals surface area contributed by atoms with Gasteiger partial charge in [-0.05, 0) is 32.1 Å². The molecular weight excluding hydrogens is 236 g/mol. The fourth-order valence-electron chi connectivity index (χ4n) is 2.63. The Morgan fingerprint density at radius 2 is 2.24 bits per heavy atom. The molecule has 2 rings (SSSR count). The summed E-state index contributed by atoms with van der Waals surface area (Å²) in [4.78, 5) is 11.6. The number of carbonyl (C=O) groups excluding carboxylic acids is 1. The zero-order chi connectivity index (χ0) is 12.4. The molecule has 1 aromatic rings. The summed E-state index contributed by atoms with van der Waals surface area (Å²) in [6, 6.07) is 0. The third-order valence-electron chi connectivity index (χ3n) is 3.58. The molecule has 1 fully saturated rings. The molecule has 4 heteroatoms. The van der Waals surface area contributed by atoms with Crippen LogP contribution in [0.2, 0.25) is 5.02 Å².